The van der Waals surface area contributed by atoms with Gasteiger partial charge in [-0.1, -0.05) is 20.4 Å². The van der Waals surface area contributed by atoms with Crippen molar-refractivity contribution in [2.45, 2.75) is 6.42 Å². The van der Waals surface area contributed by atoms with E-state index in [1.165, 1.54) is 6.20 Å². The van der Waals surface area contributed by atoms with Gasteiger partial charge in [-0.3, -0.25) is 4.79 Å². The van der Waals surface area contributed by atoms with E-state index in [4.69, 9.17) is 4.74 Å². The van der Waals surface area contributed by atoms with E-state index in [1.54, 1.807) is 7.11 Å². The van der Waals surface area contributed by atoms with Crippen molar-refractivity contribution in [3.8, 4) is 5.75 Å². The fourth-order valence-electron chi connectivity index (χ4n) is 1.36. The number of nitrogens with zero attached hydrogens (tertiary/aromatic N) is 2. The second-order valence-corrected chi connectivity index (χ2v) is 4.98. The van der Waals surface area contributed by atoms with E-state index in [-0.39, 0.29) is 5.78 Å². The molecule has 1 aromatic carbocycles. The minimum absolute atomic E-state index is 0.00829. The molecule has 0 atom stereocenters. The summed E-state index contributed by atoms with van der Waals surface area (Å²) in [5.74, 6) is 0.743. The van der Waals surface area contributed by atoms with Crippen LogP contribution in [0.2, 0.25) is 0 Å². The summed E-state index contributed by atoms with van der Waals surface area (Å²) >= 11 is 4.52. The van der Waals surface area contributed by atoms with Crippen LogP contribution in [0.1, 0.15) is 15.2 Å². The molecule has 6 heteroatoms. The highest BCUT2D eigenvalue weighted by Gasteiger charge is 2.12. The van der Waals surface area contributed by atoms with Gasteiger partial charge in [-0.25, -0.2) is 0 Å². The molecule has 0 fully saturated rings. The Morgan fingerprint density at radius 2 is 2.35 bits per heavy atom. The monoisotopic (exact) mass is 312 g/mol. The standard InChI is InChI=1S/C11H9BrN2O2S/c1-16-8-2-3-9(12)7(4-8)5-10(15)11-6-13-14-17-11/h2-4,6H,5H2,1H3. The Labute approximate surface area is 111 Å². The molecule has 17 heavy (non-hydrogen) atoms. The number of carbonyl (C=O) groups excluding carboxylic acids is 1. The number of halogens is 1. The van der Waals surface area contributed by atoms with Gasteiger partial charge in [-0.05, 0) is 35.3 Å². The maximum absolute atomic E-state index is 11.9. The SMILES string of the molecule is COc1ccc(Br)c(CC(=O)c2cnns2)c1. The molecule has 0 amide bonds. The summed E-state index contributed by atoms with van der Waals surface area (Å²) in [6, 6.07) is 5.55. The number of carbonyl (C=O) groups is 1. The Kier molecular flexibility index (Phi) is 3.86. The molecule has 0 aliphatic carbocycles. The zero-order valence-corrected chi connectivity index (χ0v) is 11.4. The average Bonchev–Trinajstić information content (AvgIpc) is 2.85. The number of benzene rings is 1. The van der Waals surface area contributed by atoms with Crippen molar-refractivity contribution in [3.05, 3.63) is 39.3 Å². The number of ether oxygens (including phenoxy) is 1. The summed E-state index contributed by atoms with van der Waals surface area (Å²) in [5.41, 5.74) is 0.891. The van der Waals surface area contributed by atoms with E-state index in [9.17, 15) is 4.79 Å². The maximum Gasteiger partial charge on any atom is 0.180 e. The molecular weight excluding hydrogens is 304 g/mol. The van der Waals surface area contributed by atoms with Crippen molar-refractivity contribution in [1.82, 2.24) is 9.59 Å². The zero-order chi connectivity index (χ0) is 12.3. The third kappa shape index (κ3) is 2.89. The summed E-state index contributed by atoms with van der Waals surface area (Å²) in [6.07, 6.45) is 1.79. The van der Waals surface area contributed by atoms with Gasteiger partial charge in [-0.15, -0.1) is 5.10 Å². The van der Waals surface area contributed by atoms with Crippen molar-refractivity contribution in [3.63, 3.8) is 0 Å². The summed E-state index contributed by atoms with van der Waals surface area (Å²) in [6.45, 7) is 0. The van der Waals surface area contributed by atoms with E-state index >= 15 is 0 Å². The lowest BCUT2D eigenvalue weighted by molar-refractivity contribution is 0.0996. The molecule has 0 unspecified atom stereocenters. The van der Waals surface area contributed by atoms with Gasteiger partial charge >= 0.3 is 0 Å². The lowest BCUT2D eigenvalue weighted by Gasteiger charge is -2.05. The van der Waals surface area contributed by atoms with Crippen molar-refractivity contribution in [1.29, 1.82) is 0 Å². The van der Waals surface area contributed by atoms with E-state index in [1.807, 2.05) is 18.2 Å². The number of hydrogen-bond donors (Lipinski definition) is 0. The second-order valence-electron chi connectivity index (χ2n) is 3.34. The van der Waals surface area contributed by atoms with Crippen molar-refractivity contribution in [2.75, 3.05) is 7.11 Å². The van der Waals surface area contributed by atoms with E-state index in [0.29, 0.717) is 11.3 Å². The minimum atomic E-state index is 0.00829. The van der Waals surface area contributed by atoms with Crippen LogP contribution in [0.5, 0.6) is 5.75 Å². The lowest BCUT2D eigenvalue weighted by atomic mass is 10.1. The third-order valence-electron chi connectivity index (χ3n) is 2.24. The van der Waals surface area contributed by atoms with Crippen LogP contribution < -0.4 is 4.74 Å². The molecule has 2 aromatic rings. The molecular formula is C11H9BrN2O2S. The number of aromatic nitrogens is 2. The third-order valence-corrected chi connectivity index (χ3v) is 3.72. The van der Waals surface area contributed by atoms with Gasteiger partial charge in [0.15, 0.2) is 5.78 Å². The van der Waals surface area contributed by atoms with Gasteiger partial charge in [0.2, 0.25) is 0 Å². The molecule has 0 spiro atoms. The van der Waals surface area contributed by atoms with Gasteiger partial charge in [-0.2, -0.15) is 0 Å². The number of methoxy groups -OCH3 is 1. The van der Waals surface area contributed by atoms with Gasteiger partial charge in [0.1, 0.15) is 10.6 Å². The molecule has 4 nitrogen and oxygen atoms in total. The first kappa shape index (κ1) is 12.2. The molecule has 0 radical (unpaired) electrons. The molecule has 1 heterocycles. The fourth-order valence-corrected chi connectivity index (χ4v) is 2.20. The highest BCUT2D eigenvalue weighted by molar-refractivity contribution is 9.10. The Morgan fingerprint density at radius 3 is 3.00 bits per heavy atom. The summed E-state index contributed by atoms with van der Waals surface area (Å²) < 4.78 is 9.70. The van der Waals surface area contributed by atoms with Crippen LogP contribution in [0.4, 0.5) is 0 Å². The van der Waals surface area contributed by atoms with Gasteiger partial charge < -0.3 is 4.74 Å². The second kappa shape index (κ2) is 5.37. The zero-order valence-electron chi connectivity index (χ0n) is 9.01. The average molecular weight is 313 g/mol. The van der Waals surface area contributed by atoms with Crippen LogP contribution in [0.15, 0.2) is 28.9 Å². The fraction of sp³-hybridized carbons (Fsp3) is 0.182. The Morgan fingerprint density at radius 1 is 1.53 bits per heavy atom. The van der Waals surface area contributed by atoms with E-state index in [2.05, 4.69) is 25.5 Å². The van der Waals surface area contributed by atoms with Gasteiger partial charge in [0.05, 0.1) is 13.3 Å². The molecule has 1 aromatic heterocycles. The first-order valence-electron chi connectivity index (χ1n) is 4.83. The van der Waals surface area contributed by atoms with Crippen molar-refractivity contribution in [2.24, 2.45) is 0 Å². The maximum atomic E-state index is 11.9. The van der Waals surface area contributed by atoms with Crippen molar-refractivity contribution >= 4 is 33.2 Å². The number of hydrogen-bond acceptors (Lipinski definition) is 5. The molecule has 0 bridgehead atoms. The van der Waals surface area contributed by atoms with E-state index in [0.717, 1.165) is 27.3 Å². The topological polar surface area (TPSA) is 52.1 Å². The number of rotatable bonds is 4. The largest absolute Gasteiger partial charge is 0.497 e. The number of ketones is 1. The van der Waals surface area contributed by atoms with Crippen LogP contribution in [-0.4, -0.2) is 22.5 Å². The van der Waals surface area contributed by atoms with Gasteiger partial charge in [0.25, 0.3) is 0 Å². The molecule has 88 valence electrons. The Hall–Kier alpha value is -1.27. The van der Waals surface area contributed by atoms with Crippen molar-refractivity contribution < 1.29 is 9.53 Å². The quantitative estimate of drug-likeness (QED) is 0.815. The minimum Gasteiger partial charge on any atom is -0.497 e. The first-order chi connectivity index (χ1) is 8.20. The predicted molar refractivity (Wildman–Crippen MR) is 68.6 cm³/mol. The molecule has 2 rings (SSSR count). The summed E-state index contributed by atoms with van der Waals surface area (Å²) in [4.78, 5) is 12.5. The van der Waals surface area contributed by atoms with Crippen LogP contribution in [0.3, 0.4) is 0 Å². The van der Waals surface area contributed by atoms with Crippen LogP contribution in [0.25, 0.3) is 0 Å². The smallest absolute Gasteiger partial charge is 0.180 e. The van der Waals surface area contributed by atoms with Gasteiger partial charge in [0, 0.05) is 10.9 Å². The predicted octanol–water partition coefficient (Wildman–Crippen LogP) is 2.73. The highest BCUT2D eigenvalue weighted by Crippen LogP contribution is 2.24. The lowest BCUT2D eigenvalue weighted by Crippen LogP contribution is -2.02. The number of Topliss-reactive ketones (excluding diaryl/α,β-unsaturated/α-hetero) is 1. The molecule has 0 aliphatic heterocycles. The Bertz CT molecular complexity index is 528. The van der Waals surface area contributed by atoms with Crippen LogP contribution in [0, 0.1) is 0 Å². The van der Waals surface area contributed by atoms with Crippen LogP contribution >= 0.6 is 27.5 Å². The molecule has 0 N–H and O–H groups in total. The normalized spacial score (nSPS) is 10.2. The molecule has 0 saturated heterocycles. The Balaban J connectivity index is 2.21. The van der Waals surface area contributed by atoms with Crippen LogP contribution in [-0.2, 0) is 6.42 Å². The molecule has 0 saturated carbocycles. The summed E-state index contributed by atoms with van der Waals surface area (Å²) in [7, 11) is 1.60. The van der Waals surface area contributed by atoms with E-state index < -0.39 is 0 Å². The molecule has 0 aliphatic rings. The summed E-state index contributed by atoms with van der Waals surface area (Å²) in [5, 5.41) is 3.65. The first-order valence-corrected chi connectivity index (χ1v) is 6.40. The highest BCUT2D eigenvalue weighted by atomic mass is 79.9.